The van der Waals surface area contributed by atoms with Crippen LogP contribution in [0.4, 0.5) is 0 Å². The highest BCUT2D eigenvalue weighted by Gasteiger charge is 2.43. The number of methoxy groups -OCH3 is 1. The van der Waals surface area contributed by atoms with Gasteiger partial charge in [0.1, 0.15) is 6.10 Å². The van der Waals surface area contributed by atoms with E-state index in [1.54, 1.807) is 7.11 Å². The lowest BCUT2D eigenvalue weighted by Crippen LogP contribution is -2.39. The summed E-state index contributed by atoms with van der Waals surface area (Å²) in [5.74, 6) is 0.459. The summed E-state index contributed by atoms with van der Waals surface area (Å²) < 4.78 is 17.2. The molecule has 6 nitrogen and oxygen atoms in total. The zero-order chi connectivity index (χ0) is 23.8. The molecule has 33 heavy (non-hydrogen) atoms. The Morgan fingerprint density at radius 2 is 1.88 bits per heavy atom. The van der Waals surface area contributed by atoms with Crippen molar-refractivity contribution < 1.29 is 23.8 Å². The van der Waals surface area contributed by atoms with E-state index in [9.17, 15) is 9.59 Å². The molecule has 0 amide bonds. The molecule has 1 aromatic rings. The van der Waals surface area contributed by atoms with Crippen molar-refractivity contribution in [1.29, 1.82) is 0 Å². The summed E-state index contributed by atoms with van der Waals surface area (Å²) in [5.41, 5.74) is 3.54. The molecule has 1 N–H and O–H groups in total. The minimum atomic E-state index is -0.497. The molecule has 1 saturated carbocycles. The molecule has 1 atom stereocenters. The molecule has 1 aliphatic heterocycles. The minimum absolute atomic E-state index is 0.0512. The van der Waals surface area contributed by atoms with Crippen molar-refractivity contribution in [2.75, 3.05) is 13.7 Å². The molecule has 4 rings (SSSR count). The summed E-state index contributed by atoms with van der Waals surface area (Å²) in [5, 5.41) is 3.40. The molecule has 6 heteroatoms. The lowest BCUT2D eigenvalue weighted by Gasteiger charge is -2.39. The first-order chi connectivity index (χ1) is 15.7. The Kier molecular flexibility index (Phi) is 6.55. The molecule has 1 aromatic carbocycles. The number of benzene rings is 1. The van der Waals surface area contributed by atoms with Crippen LogP contribution in [-0.4, -0.2) is 31.6 Å². The topological polar surface area (TPSA) is 73.9 Å². The van der Waals surface area contributed by atoms with E-state index in [0.29, 0.717) is 35.7 Å². The number of esters is 1. The zero-order valence-electron chi connectivity index (χ0n) is 20.4. The molecule has 2 aliphatic carbocycles. The molecule has 0 unspecified atom stereocenters. The lowest BCUT2D eigenvalue weighted by molar-refractivity contribution is -0.144. The summed E-state index contributed by atoms with van der Waals surface area (Å²) in [4.78, 5) is 26.9. The second-order valence-corrected chi connectivity index (χ2v) is 10.1. The third kappa shape index (κ3) is 4.66. The number of carbonyl (C=O) groups is 2. The number of dihydropyridines is 1. The zero-order valence-corrected chi connectivity index (χ0v) is 20.4. The van der Waals surface area contributed by atoms with Crippen molar-refractivity contribution in [3.05, 3.63) is 46.3 Å². The van der Waals surface area contributed by atoms with E-state index >= 15 is 0 Å². The van der Waals surface area contributed by atoms with Gasteiger partial charge in [-0.1, -0.05) is 19.9 Å². The van der Waals surface area contributed by atoms with Gasteiger partial charge in [0.2, 0.25) is 0 Å². The van der Waals surface area contributed by atoms with Crippen LogP contribution in [0.1, 0.15) is 77.7 Å². The van der Waals surface area contributed by atoms with Crippen LogP contribution in [0.25, 0.3) is 0 Å². The predicted molar refractivity (Wildman–Crippen MR) is 126 cm³/mol. The van der Waals surface area contributed by atoms with Gasteiger partial charge < -0.3 is 19.5 Å². The predicted octanol–water partition coefficient (Wildman–Crippen LogP) is 5.18. The fourth-order valence-corrected chi connectivity index (χ4v) is 5.40. The van der Waals surface area contributed by atoms with Gasteiger partial charge in [-0.15, -0.1) is 0 Å². The van der Waals surface area contributed by atoms with Crippen molar-refractivity contribution in [3.8, 4) is 11.5 Å². The van der Waals surface area contributed by atoms with Gasteiger partial charge in [-0.05, 0) is 69.1 Å². The Morgan fingerprint density at radius 3 is 2.55 bits per heavy atom. The van der Waals surface area contributed by atoms with Crippen LogP contribution in [0.5, 0.6) is 11.5 Å². The number of Topliss-reactive ketones (excluding diaryl/α,β-unsaturated/α-hetero) is 1. The smallest absolute Gasteiger partial charge is 0.337 e. The number of ether oxygens (including phenoxy) is 3. The molecular weight excluding hydrogens is 418 g/mol. The molecule has 0 radical (unpaired) electrons. The van der Waals surface area contributed by atoms with Crippen molar-refractivity contribution in [2.24, 2.45) is 5.41 Å². The van der Waals surface area contributed by atoms with Gasteiger partial charge in [0.25, 0.3) is 0 Å². The Balaban J connectivity index is 1.81. The normalized spacial score (nSPS) is 22.7. The Bertz CT molecular complexity index is 1010. The first kappa shape index (κ1) is 23.4. The molecule has 178 valence electrons. The molecule has 0 bridgehead atoms. The van der Waals surface area contributed by atoms with E-state index in [1.165, 1.54) is 0 Å². The van der Waals surface area contributed by atoms with Gasteiger partial charge in [-0.25, -0.2) is 4.79 Å². The quantitative estimate of drug-likeness (QED) is 0.598. The van der Waals surface area contributed by atoms with E-state index in [1.807, 2.05) is 32.0 Å². The fourth-order valence-electron chi connectivity index (χ4n) is 5.40. The molecule has 1 fully saturated rings. The number of hydrogen-bond acceptors (Lipinski definition) is 6. The first-order valence-electron chi connectivity index (χ1n) is 12.0. The highest BCUT2D eigenvalue weighted by atomic mass is 16.5. The monoisotopic (exact) mass is 453 g/mol. The summed E-state index contributed by atoms with van der Waals surface area (Å²) in [7, 11) is 1.60. The van der Waals surface area contributed by atoms with Crippen LogP contribution in [0.2, 0.25) is 0 Å². The second kappa shape index (κ2) is 9.24. The lowest BCUT2D eigenvalue weighted by atomic mass is 9.68. The van der Waals surface area contributed by atoms with E-state index < -0.39 is 5.92 Å². The highest BCUT2D eigenvalue weighted by molar-refractivity contribution is 6.04. The number of hydrogen-bond donors (Lipinski definition) is 1. The van der Waals surface area contributed by atoms with Gasteiger partial charge in [0.05, 0.1) is 19.3 Å². The SMILES string of the molecule is CCOc1ccc([C@@H]2C(C(=O)OC3CCCC3)=C(C)NC3=C2C(=O)CC(C)(C)C3)cc1OC. The van der Waals surface area contributed by atoms with Gasteiger partial charge in [0.15, 0.2) is 17.3 Å². The van der Waals surface area contributed by atoms with E-state index in [-0.39, 0.29) is 23.3 Å². The summed E-state index contributed by atoms with van der Waals surface area (Å²) >= 11 is 0. The highest BCUT2D eigenvalue weighted by Crippen LogP contribution is 2.48. The van der Waals surface area contributed by atoms with Crippen molar-refractivity contribution in [1.82, 2.24) is 5.32 Å². The molecule has 1 heterocycles. The summed E-state index contributed by atoms with van der Waals surface area (Å²) in [6.45, 7) is 8.55. The number of allylic oxidation sites excluding steroid dienone is 3. The first-order valence-corrected chi connectivity index (χ1v) is 12.0. The molecule has 0 aromatic heterocycles. The van der Waals surface area contributed by atoms with Crippen molar-refractivity contribution in [2.45, 2.75) is 78.2 Å². The van der Waals surface area contributed by atoms with E-state index in [4.69, 9.17) is 14.2 Å². The third-order valence-corrected chi connectivity index (χ3v) is 6.86. The average Bonchev–Trinajstić information content (AvgIpc) is 3.25. The van der Waals surface area contributed by atoms with Crippen LogP contribution >= 0.6 is 0 Å². The molecular formula is C27H35NO5. The van der Waals surface area contributed by atoms with Crippen molar-refractivity contribution >= 4 is 11.8 Å². The largest absolute Gasteiger partial charge is 0.493 e. The Morgan fingerprint density at radius 1 is 1.15 bits per heavy atom. The Hall–Kier alpha value is -2.76. The average molecular weight is 454 g/mol. The van der Waals surface area contributed by atoms with Crippen molar-refractivity contribution in [3.63, 3.8) is 0 Å². The number of carbonyl (C=O) groups excluding carboxylic acids is 2. The standard InChI is InChI=1S/C27H35NO5/c1-6-32-21-12-11-17(13-22(21)31-5)24-23(26(30)33-18-9-7-8-10-18)16(2)28-19-14-27(3,4)15-20(29)25(19)24/h11-13,18,24,28H,6-10,14-15H2,1-5H3/t24-/m1/s1. The van der Waals surface area contributed by atoms with Crippen LogP contribution < -0.4 is 14.8 Å². The maximum absolute atomic E-state index is 13.5. The Labute approximate surface area is 196 Å². The third-order valence-electron chi connectivity index (χ3n) is 6.86. The van der Waals surface area contributed by atoms with E-state index in [0.717, 1.165) is 49.1 Å². The summed E-state index contributed by atoms with van der Waals surface area (Å²) in [6.07, 6.45) is 5.10. The number of rotatable bonds is 6. The van der Waals surface area contributed by atoms with Gasteiger partial charge >= 0.3 is 5.97 Å². The van der Waals surface area contributed by atoms with Gasteiger partial charge in [-0.2, -0.15) is 0 Å². The van der Waals surface area contributed by atoms with E-state index in [2.05, 4.69) is 19.2 Å². The molecule has 3 aliphatic rings. The minimum Gasteiger partial charge on any atom is -0.493 e. The van der Waals surface area contributed by atoms with Crippen LogP contribution in [-0.2, 0) is 14.3 Å². The van der Waals surface area contributed by atoms with Crippen LogP contribution in [0, 0.1) is 5.41 Å². The number of ketones is 1. The molecule has 0 saturated heterocycles. The van der Waals surface area contributed by atoms with Crippen LogP contribution in [0.15, 0.2) is 40.7 Å². The maximum Gasteiger partial charge on any atom is 0.337 e. The van der Waals surface area contributed by atoms with Gasteiger partial charge in [-0.3, -0.25) is 4.79 Å². The maximum atomic E-state index is 13.5. The second-order valence-electron chi connectivity index (χ2n) is 10.1. The molecule has 0 spiro atoms. The van der Waals surface area contributed by atoms with Gasteiger partial charge in [0, 0.05) is 29.3 Å². The number of nitrogens with one attached hydrogen (secondary N) is 1. The van der Waals surface area contributed by atoms with Crippen LogP contribution in [0.3, 0.4) is 0 Å². The fraction of sp³-hybridized carbons (Fsp3) is 0.556. The summed E-state index contributed by atoms with van der Waals surface area (Å²) in [6, 6.07) is 5.67.